The molecule has 0 saturated carbocycles. The predicted octanol–water partition coefficient (Wildman–Crippen LogP) is 3.46. The van der Waals surface area contributed by atoms with Crippen LogP contribution in [0, 0.1) is 12.8 Å². The van der Waals surface area contributed by atoms with Crippen molar-refractivity contribution < 1.29 is 0 Å². The topological polar surface area (TPSA) is 24.9 Å². The first-order valence-corrected chi connectivity index (χ1v) is 7.85. The number of aromatic nitrogens is 1. The van der Waals surface area contributed by atoms with Gasteiger partial charge in [0.15, 0.2) is 0 Å². The van der Waals surface area contributed by atoms with Gasteiger partial charge in [-0.05, 0) is 44.3 Å². The van der Waals surface area contributed by atoms with Crippen molar-refractivity contribution in [3.63, 3.8) is 0 Å². The Balaban J connectivity index is 1.98. The number of benzene rings is 1. The molecule has 1 heterocycles. The van der Waals surface area contributed by atoms with Crippen LogP contribution in [0.25, 0.3) is 0 Å². The summed E-state index contributed by atoms with van der Waals surface area (Å²) in [6, 6.07) is 8.88. The van der Waals surface area contributed by atoms with E-state index in [0.717, 1.165) is 25.9 Å². The fraction of sp³-hybridized carbons (Fsp3) is 0.438. The molecule has 1 N–H and O–H groups in total. The Kier molecular flexibility index (Phi) is 5.55. The second kappa shape index (κ2) is 7.41. The predicted molar refractivity (Wildman–Crippen MR) is 82.7 cm³/mol. The lowest BCUT2D eigenvalue weighted by molar-refractivity contribution is 0.474. The van der Waals surface area contributed by atoms with Gasteiger partial charge in [0.25, 0.3) is 0 Å². The number of nitrogens with zero attached hydrogens (tertiary/aromatic N) is 1. The van der Waals surface area contributed by atoms with Crippen LogP contribution in [0.3, 0.4) is 0 Å². The molecular weight excluding hydrogens is 252 g/mol. The second-order valence-corrected chi connectivity index (χ2v) is 5.77. The van der Waals surface area contributed by atoms with E-state index < -0.39 is 0 Å². The highest BCUT2D eigenvalue weighted by atomic mass is 32.1. The van der Waals surface area contributed by atoms with Crippen molar-refractivity contribution in [1.29, 1.82) is 0 Å². The van der Waals surface area contributed by atoms with Crippen LogP contribution in [-0.2, 0) is 12.8 Å². The van der Waals surface area contributed by atoms with Gasteiger partial charge >= 0.3 is 0 Å². The monoisotopic (exact) mass is 274 g/mol. The molecule has 0 aliphatic rings. The summed E-state index contributed by atoms with van der Waals surface area (Å²) in [5.41, 5.74) is 5.89. The zero-order valence-corrected chi connectivity index (χ0v) is 12.5. The van der Waals surface area contributed by atoms with Crippen LogP contribution in [0.5, 0.6) is 0 Å². The minimum absolute atomic E-state index is 0.616. The average molecular weight is 274 g/mol. The van der Waals surface area contributed by atoms with E-state index in [2.05, 4.69) is 53.8 Å². The maximum absolute atomic E-state index is 4.41. The van der Waals surface area contributed by atoms with Gasteiger partial charge in [-0.2, -0.15) is 0 Å². The van der Waals surface area contributed by atoms with Crippen molar-refractivity contribution >= 4 is 11.3 Å². The number of nitrogens with one attached hydrogen (secondary N) is 1. The molecule has 0 bridgehead atoms. The number of hydrogen-bond acceptors (Lipinski definition) is 3. The van der Waals surface area contributed by atoms with E-state index in [9.17, 15) is 0 Å². The van der Waals surface area contributed by atoms with Crippen LogP contribution in [0.2, 0.25) is 0 Å². The molecule has 3 heteroatoms. The SMILES string of the molecule is CCNCC(Cc1ccc(C)cc1)Cc1cscn1. The van der Waals surface area contributed by atoms with Crippen LogP contribution < -0.4 is 5.32 Å². The highest BCUT2D eigenvalue weighted by molar-refractivity contribution is 7.07. The zero-order valence-electron chi connectivity index (χ0n) is 11.7. The first kappa shape index (κ1) is 14.2. The summed E-state index contributed by atoms with van der Waals surface area (Å²) in [7, 11) is 0. The average Bonchev–Trinajstić information content (AvgIpc) is 2.91. The van der Waals surface area contributed by atoms with Gasteiger partial charge in [0.05, 0.1) is 11.2 Å². The molecule has 0 saturated heterocycles. The number of thiazole rings is 1. The maximum atomic E-state index is 4.41. The van der Waals surface area contributed by atoms with E-state index >= 15 is 0 Å². The summed E-state index contributed by atoms with van der Waals surface area (Å²) in [5.74, 6) is 0.616. The molecule has 1 aromatic heterocycles. The highest BCUT2D eigenvalue weighted by Crippen LogP contribution is 2.15. The molecule has 0 aliphatic heterocycles. The van der Waals surface area contributed by atoms with Crippen LogP contribution in [0.1, 0.15) is 23.7 Å². The fourth-order valence-electron chi connectivity index (χ4n) is 2.26. The highest BCUT2D eigenvalue weighted by Gasteiger charge is 2.11. The Morgan fingerprint density at radius 2 is 2.00 bits per heavy atom. The lowest BCUT2D eigenvalue weighted by atomic mass is 9.94. The molecule has 0 amide bonds. The number of rotatable bonds is 7. The Morgan fingerprint density at radius 1 is 1.21 bits per heavy atom. The first-order chi connectivity index (χ1) is 9.28. The van der Waals surface area contributed by atoms with E-state index in [1.165, 1.54) is 16.8 Å². The summed E-state index contributed by atoms with van der Waals surface area (Å²) >= 11 is 1.68. The molecule has 2 nitrogen and oxygen atoms in total. The van der Waals surface area contributed by atoms with Crippen molar-refractivity contribution in [1.82, 2.24) is 10.3 Å². The van der Waals surface area contributed by atoms with Gasteiger partial charge in [0.1, 0.15) is 0 Å². The summed E-state index contributed by atoms with van der Waals surface area (Å²) in [5, 5.41) is 5.63. The summed E-state index contributed by atoms with van der Waals surface area (Å²) < 4.78 is 0. The molecule has 0 spiro atoms. The number of aryl methyl sites for hydroxylation is 1. The molecule has 2 aromatic rings. The molecular formula is C16H22N2S. The van der Waals surface area contributed by atoms with Gasteiger partial charge in [0.2, 0.25) is 0 Å². The maximum Gasteiger partial charge on any atom is 0.0794 e. The third-order valence-electron chi connectivity index (χ3n) is 3.31. The minimum Gasteiger partial charge on any atom is -0.317 e. The van der Waals surface area contributed by atoms with Crippen LogP contribution in [-0.4, -0.2) is 18.1 Å². The van der Waals surface area contributed by atoms with E-state index in [-0.39, 0.29) is 0 Å². The smallest absolute Gasteiger partial charge is 0.0794 e. The van der Waals surface area contributed by atoms with Crippen LogP contribution in [0.4, 0.5) is 0 Å². The lowest BCUT2D eigenvalue weighted by Gasteiger charge is -2.16. The van der Waals surface area contributed by atoms with E-state index in [1.807, 2.05) is 5.51 Å². The largest absolute Gasteiger partial charge is 0.317 e. The van der Waals surface area contributed by atoms with Crippen molar-refractivity contribution in [2.24, 2.45) is 5.92 Å². The summed E-state index contributed by atoms with van der Waals surface area (Å²) in [4.78, 5) is 4.41. The minimum atomic E-state index is 0.616. The zero-order chi connectivity index (χ0) is 13.5. The van der Waals surface area contributed by atoms with Gasteiger partial charge in [-0.25, -0.2) is 4.98 Å². The quantitative estimate of drug-likeness (QED) is 0.836. The Labute approximate surface area is 119 Å². The van der Waals surface area contributed by atoms with Crippen molar-refractivity contribution in [2.75, 3.05) is 13.1 Å². The second-order valence-electron chi connectivity index (χ2n) is 5.05. The van der Waals surface area contributed by atoms with Crippen molar-refractivity contribution in [3.8, 4) is 0 Å². The van der Waals surface area contributed by atoms with Gasteiger partial charge in [0, 0.05) is 5.38 Å². The molecule has 19 heavy (non-hydrogen) atoms. The van der Waals surface area contributed by atoms with Gasteiger partial charge in [-0.1, -0.05) is 36.8 Å². The molecule has 1 aromatic carbocycles. The van der Waals surface area contributed by atoms with E-state index in [0.29, 0.717) is 5.92 Å². The molecule has 102 valence electrons. The first-order valence-electron chi connectivity index (χ1n) is 6.91. The lowest BCUT2D eigenvalue weighted by Crippen LogP contribution is -2.25. The third kappa shape index (κ3) is 4.77. The van der Waals surface area contributed by atoms with Gasteiger partial charge in [-0.3, -0.25) is 0 Å². The molecule has 0 aliphatic carbocycles. The standard InChI is InChI=1S/C16H22N2S/c1-3-17-10-15(9-16-11-19-12-18-16)8-14-6-4-13(2)5-7-14/h4-7,11-12,15,17H,3,8-10H2,1-2H3. The summed E-state index contributed by atoms with van der Waals surface area (Å²) in [6.45, 7) is 6.38. The molecule has 1 unspecified atom stereocenters. The molecule has 2 rings (SSSR count). The van der Waals surface area contributed by atoms with Gasteiger partial charge in [-0.15, -0.1) is 11.3 Å². The van der Waals surface area contributed by atoms with Crippen molar-refractivity contribution in [2.45, 2.75) is 26.7 Å². The molecule has 0 fully saturated rings. The van der Waals surface area contributed by atoms with Crippen LogP contribution in [0.15, 0.2) is 35.2 Å². The Morgan fingerprint density at radius 3 is 2.63 bits per heavy atom. The fourth-order valence-corrected chi connectivity index (χ4v) is 2.83. The Hall–Kier alpha value is -1.19. The van der Waals surface area contributed by atoms with Crippen LogP contribution >= 0.6 is 11.3 Å². The third-order valence-corrected chi connectivity index (χ3v) is 3.94. The van der Waals surface area contributed by atoms with Gasteiger partial charge < -0.3 is 5.32 Å². The molecule has 0 radical (unpaired) electrons. The Bertz CT molecular complexity index is 462. The van der Waals surface area contributed by atoms with E-state index in [1.54, 1.807) is 11.3 Å². The normalized spacial score (nSPS) is 12.5. The number of hydrogen-bond donors (Lipinski definition) is 1. The summed E-state index contributed by atoms with van der Waals surface area (Å²) in [6.07, 6.45) is 2.18. The van der Waals surface area contributed by atoms with E-state index in [4.69, 9.17) is 0 Å². The molecule has 1 atom stereocenters. The van der Waals surface area contributed by atoms with Crippen molar-refractivity contribution in [3.05, 3.63) is 52.0 Å².